The minimum absolute atomic E-state index is 0.515. The molecule has 3 fully saturated rings. The maximum atomic E-state index is 11.1. The van der Waals surface area contributed by atoms with Crippen LogP contribution in [0.1, 0.15) is 30.4 Å². The van der Waals surface area contributed by atoms with Crippen LogP contribution in [0.4, 0.5) is 10.5 Å². The van der Waals surface area contributed by atoms with Crippen LogP contribution in [0.2, 0.25) is 0 Å². The minimum Gasteiger partial charge on any atom is -0.465 e. The van der Waals surface area contributed by atoms with Gasteiger partial charge in [0.1, 0.15) is 0 Å². The number of carboxylic acid groups (broad SMARTS) is 1. The van der Waals surface area contributed by atoms with Crippen LogP contribution < -0.4 is 4.90 Å². The fraction of sp³-hybridized carbons (Fsp3) is 0.650. The summed E-state index contributed by atoms with van der Waals surface area (Å²) < 4.78 is 0. The third-order valence-corrected chi connectivity index (χ3v) is 6.34. The van der Waals surface area contributed by atoms with E-state index in [0.29, 0.717) is 24.9 Å². The normalized spacial score (nSPS) is 26.9. The van der Waals surface area contributed by atoms with Gasteiger partial charge in [-0.2, -0.15) is 0 Å². The molecule has 3 heterocycles. The van der Waals surface area contributed by atoms with Crippen molar-refractivity contribution < 1.29 is 9.90 Å². The molecule has 1 N–H and O–H groups in total. The van der Waals surface area contributed by atoms with Crippen LogP contribution in [-0.2, 0) is 6.54 Å². The second-order valence-corrected chi connectivity index (χ2v) is 8.01. The summed E-state index contributed by atoms with van der Waals surface area (Å²) in [6, 6.07) is 6.74. The first-order valence-corrected chi connectivity index (χ1v) is 9.65. The van der Waals surface area contributed by atoms with Gasteiger partial charge in [0.05, 0.1) is 0 Å². The van der Waals surface area contributed by atoms with Gasteiger partial charge in [0, 0.05) is 51.5 Å². The highest BCUT2D eigenvalue weighted by Gasteiger charge is 2.41. The first-order chi connectivity index (χ1) is 12.1. The molecule has 5 nitrogen and oxygen atoms in total. The van der Waals surface area contributed by atoms with E-state index in [-0.39, 0.29) is 0 Å². The molecule has 0 bridgehead atoms. The second-order valence-electron chi connectivity index (χ2n) is 8.01. The van der Waals surface area contributed by atoms with Crippen LogP contribution in [-0.4, -0.2) is 60.3 Å². The number of benzene rings is 1. The lowest BCUT2D eigenvalue weighted by Gasteiger charge is -2.31. The van der Waals surface area contributed by atoms with Crippen LogP contribution in [0.15, 0.2) is 18.2 Å². The molecule has 25 heavy (non-hydrogen) atoms. The van der Waals surface area contributed by atoms with Crippen molar-refractivity contribution in [2.24, 2.45) is 11.8 Å². The molecule has 0 aromatic heterocycles. The van der Waals surface area contributed by atoms with E-state index in [9.17, 15) is 4.79 Å². The van der Waals surface area contributed by atoms with Crippen LogP contribution in [0.5, 0.6) is 0 Å². The predicted molar refractivity (Wildman–Crippen MR) is 99.1 cm³/mol. The number of fused-ring (bicyclic) bond motifs is 1. The van der Waals surface area contributed by atoms with Crippen molar-refractivity contribution in [2.45, 2.75) is 32.7 Å². The van der Waals surface area contributed by atoms with Crippen molar-refractivity contribution in [3.63, 3.8) is 0 Å². The first-order valence-electron chi connectivity index (χ1n) is 9.65. The zero-order valence-corrected chi connectivity index (χ0v) is 15.2. The van der Waals surface area contributed by atoms with Gasteiger partial charge < -0.3 is 14.9 Å². The zero-order valence-electron chi connectivity index (χ0n) is 15.2. The van der Waals surface area contributed by atoms with E-state index >= 15 is 0 Å². The van der Waals surface area contributed by atoms with Gasteiger partial charge in [-0.25, -0.2) is 4.79 Å². The third kappa shape index (κ3) is 3.34. The van der Waals surface area contributed by atoms with Crippen LogP contribution in [0, 0.1) is 18.8 Å². The van der Waals surface area contributed by atoms with E-state index in [1.54, 1.807) is 4.90 Å². The lowest BCUT2D eigenvalue weighted by molar-refractivity contribution is 0.148. The number of amides is 1. The van der Waals surface area contributed by atoms with Crippen molar-refractivity contribution in [1.29, 1.82) is 0 Å². The standard InChI is InChI=1S/C20H29N3O2/c1-15-16(6-5-7-19(15)22-8-3-2-4-9-22)10-21-11-17-13-23(20(24)25)14-18(17)12-21/h5-7,17-18H,2-4,8-14H2,1H3,(H,24,25). The van der Waals surface area contributed by atoms with E-state index in [0.717, 1.165) is 19.6 Å². The predicted octanol–water partition coefficient (Wildman–Crippen LogP) is 3.03. The Bertz CT molecular complexity index is 628. The van der Waals surface area contributed by atoms with Gasteiger partial charge in [-0.1, -0.05) is 12.1 Å². The van der Waals surface area contributed by atoms with Gasteiger partial charge in [-0.3, -0.25) is 4.90 Å². The van der Waals surface area contributed by atoms with Gasteiger partial charge in [0.25, 0.3) is 0 Å². The highest BCUT2D eigenvalue weighted by atomic mass is 16.4. The quantitative estimate of drug-likeness (QED) is 0.916. The smallest absolute Gasteiger partial charge is 0.407 e. The molecular formula is C20H29N3O2. The summed E-state index contributed by atoms with van der Waals surface area (Å²) in [6.07, 6.45) is 3.21. The molecule has 136 valence electrons. The molecule has 1 amide bonds. The number of rotatable bonds is 3. The summed E-state index contributed by atoms with van der Waals surface area (Å²) in [5.41, 5.74) is 4.26. The molecule has 2 atom stereocenters. The minimum atomic E-state index is -0.758. The number of piperidine rings is 1. The highest BCUT2D eigenvalue weighted by Crippen LogP contribution is 2.33. The Kier molecular flexibility index (Phi) is 4.59. The molecule has 2 unspecified atom stereocenters. The van der Waals surface area contributed by atoms with Crippen LogP contribution in [0.25, 0.3) is 0 Å². The van der Waals surface area contributed by atoms with Gasteiger partial charge >= 0.3 is 6.09 Å². The maximum absolute atomic E-state index is 11.1. The largest absolute Gasteiger partial charge is 0.465 e. The molecule has 0 aliphatic carbocycles. The van der Waals surface area contributed by atoms with E-state index in [1.165, 1.54) is 49.2 Å². The van der Waals surface area contributed by atoms with Crippen molar-refractivity contribution in [3.8, 4) is 0 Å². The molecule has 4 rings (SSSR count). The van der Waals surface area contributed by atoms with Crippen molar-refractivity contribution in [2.75, 3.05) is 44.2 Å². The SMILES string of the molecule is Cc1c(CN2CC3CN(C(=O)O)CC3C2)cccc1N1CCCCC1. The third-order valence-electron chi connectivity index (χ3n) is 6.34. The lowest BCUT2D eigenvalue weighted by Crippen LogP contribution is -2.32. The van der Waals surface area contributed by atoms with Gasteiger partial charge in [-0.15, -0.1) is 0 Å². The molecular weight excluding hydrogens is 314 g/mol. The average molecular weight is 343 g/mol. The number of anilines is 1. The Balaban J connectivity index is 1.41. The van der Waals surface area contributed by atoms with Gasteiger partial charge in [-0.05, 0) is 55.2 Å². The Labute approximate surface area is 150 Å². The number of hydrogen-bond acceptors (Lipinski definition) is 3. The van der Waals surface area contributed by atoms with Crippen molar-refractivity contribution in [3.05, 3.63) is 29.3 Å². The Morgan fingerprint density at radius 1 is 1.08 bits per heavy atom. The number of nitrogens with zero attached hydrogens (tertiary/aromatic N) is 3. The topological polar surface area (TPSA) is 47.0 Å². The summed E-state index contributed by atoms with van der Waals surface area (Å²) in [6.45, 7) is 9.11. The molecule has 1 aromatic carbocycles. The summed E-state index contributed by atoms with van der Waals surface area (Å²) >= 11 is 0. The molecule has 3 aliphatic heterocycles. The van der Waals surface area contributed by atoms with Crippen LogP contribution >= 0.6 is 0 Å². The van der Waals surface area contributed by atoms with Crippen LogP contribution in [0.3, 0.4) is 0 Å². The number of likely N-dealkylation sites (tertiary alicyclic amines) is 2. The summed E-state index contributed by atoms with van der Waals surface area (Å²) in [5, 5.41) is 9.17. The molecule has 3 aliphatic rings. The van der Waals surface area contributed by atoms with Gasteiger partial charge in [0.2, 0.25) is 0 Å². The summed E-state index contributed by atoms with van der Waals surface area (Å²) in [4.78, 5) is 17.8. The monoisotopic (exact) mass is 343 g/mol. The zero-order chi connectivity index (χ0) is 17.4. The van der Waals surface area contributed by atoms with E-state index < -0.39 is 6.09 Å². The van der Waals surface area contributed by atoms with Gasteiger partial charge in [0.15, 0.2) is 0 Å². The Morgan fingerprint density at radius 3 is 2.40 bits per heavy atom. The first kappa shape index (κ1) is 16.7. The van der Waals surface area contributed by atoms with E-state index in [2.05, 4.69) is 34.9 Å². The highest BCUT2D eigenvalue weighted by molar-refractivity contribution is 5.65. The summed E-state index contributed by atoms with van der Waals surface area (Å²) in [5.74, 6) is 1.03. The molecule has 3 saturated heterocycles. The van der Waals surface area contributed by atoms with E-state index in [1.807, 2.05) is 0 Å². The molecule has 0 spiro atoms. The fourth-order valence-corrected chi connectivity index (χ4v) is 4.94. The molecule has 0 radical (unpaired) electrons. The van der Waals surface area contributed by atoms with E-state index in [4.69, 9.17) is 5.11 Å². The fourth-order valence-electron chi connectivity index (χ4n) is 4.94. The Morgan fingerprint density at radius 2 is 1.76 bits per heavy atom. The van der Waals surface area contributed by atoms with Crippen molar-refractivity contribution >= 4 is 11.8 Å². The Hall–Kier alpha value is -1.75. The molecule has 0 saturated carbocycles. The number of carbonyl (C=O) groups is 1. The molecule has 1 aromatic rings. The molecule has 5 heteroatoms. The second kappa shape index (κ2) is 6.87. The maximum Gasteiger partial charge on any atom is 0.407 e. The number of hydrogen-bond donors (Lipinski definition) is 1. The summed E-state index contributed by atoms with van der Waals surface area (Å²) in [7, 11) is 0. The average Bonchev–Trinajstić information content (AvgIpc) is 3.16. The lowest BCUT2D eigenvalue weighted by atomic mass is 10.0. The van der Waals surface area contributed by atoms with Crippen molar-refractivity contribution in [1.82, 2.24) is 9.80 Å².